The van der Waals surface area contributed by atoms with Gasteiger partial charge in [0.15, 0.2) is 0 Å². The van der Waals surface area contributed by atoms with Crippen LogP contribution in [0.15, 0.2) is 77.8 Å². The number of rotatable bonds is 9. The number of hydrogen-bond donors (Lipinski definition) is 2. The summed E-state index contributed by atoms with van der Waals surface area (Å²) < 4.78 is 1.72. The minimum absolute atomic E-state index is 0.0121. The van der Waals surface area contributed by atoms with E-state index >= 15 is 0 Å². The fraction of sp³-hybridized carbons (Fsp3) is 0.364. The summed E-state index contributed by atoms with van der Waals surface area (Å²) in [4.78, 5) is 33.6. The molecule has 2 fully saturated rings. The third-order valence-corrected chi connectivity index (χ3v) is 8.72. The summed E-state index contributed by atoms with van der Waals surface area (Å²) >= 11 is 0. The van der Waals surface area contributed by atoms with Gasteiger partial charge in [0.25, 0.3) is 0 Å². The smallest absolute Gasteiger partial charge is 0.243 e. The Morgan fingerprint density at radius 1 is 1.05 bits per heavy atom. The van der Waals surface area contributed by atoms with Crippen LogP contribution in [0, 0.1) is 5.92 Å². The van der Waals surface area contributed by atoms with Crippen LogP contribution in [0.5, 0.6) is 0 Å². The molecule has 3 heterocycles. The third kappa shape index (κ3) is 5.83. The molecule has 4 aromatic rings. The number of aromatic nitrogens is 3. The van der Waals surface area contributed by atoms with Crippen LogP contribution in [0.3, 0.4) is 0 Å². The zero-order valence-corrected chi connectivity index (χ0v) is 23.9. The summed E-state index contributed by atoms with van der Waals surface area (Å²) in [7, 11) is 1.85. The first kappa shape index (κ1) is 27.8. The minimum atomic E-state index is -0.523. The van der Waals surface area contributed by atoms with E-state index in [1.165, 1.54) is 11.1 Å². The Kier molecular flexibility index (Phi) is 8.10. The lowest BCUT2D eigenvalue weighted by atomic mass is 9.93. The molecule has 9 nitrogen and oxygen atoms in total. The summed E-state index contributed by atoms with van der Waals surface area (Å²) in [6.07, 6.45) is 2.13. The van der Waals surface area contributed by atoms with Crippen LogP contribution in [0.25, 0.3) is 11.0 Å². The molecular weight excluding hydrogens is 526 g/mol. The second kappa shape index (κ2) is 12.2. The first-order valence-corrected chi connectivity index (χ1v) is 14.6. The van der Waals surface area contributed by atoms with Crippen LogP contribution in [-0.2, 0) is 36.1 Å². The number of fused-ring (bicyclic) bond motifs is 1. The number of aryl methyl sites for hydroxylation is 1. The molecule has 4 atom stereocenters. The monoisotopic (exact) mass is 563 g/mol. The van der Waals surface area contributed by atoms with E-state index in [-0.39, 0.29) is 29.7 Å². The van der Waals surface area contributed by atoms with Gasteiger partial charge in [0.2, 0.25) is 11.8 Å². The Hall–Kier alpha value is -4.37. The largest absolute Gasteiger partial charge is 0.350 e. The Morgan fingerprint density at radius 3 is 2.64 bits per heavy atom. The topological polar surface area (TPSA) is 105 Å². The molecule has 2 amide bonds. The maximum atomic E-state index is 14.0. The lowest BCUT2D eigenvalue weighted by Gasteiger charge is -2.27. The predicted octanol–water partition coefficient (Wildman–Crippen LogP) is 3.39. The fourth-order valence-corrected chi connectivity index (χ4v) is 6.51. The van der Waals surface area contributed by atoms with Crippen molar-refractivity contribution in [1.29, 1.82) is 0 Å². The SMILES string of the molecule is C=NCc1ccccc1C[C@@H]1C[C@@H](C(=O)NCc2ccc3c(c2)nnn3C)N(C(=O)[C@H]2C[C@@H](c3ccccc3)CN2)C1. The standard InChI is InChI=1S/C33H37N7O2/c1-34-19-26-11-7-6-10-25(26)14-23-16-31(32(41)36-18-22-12-13-30-28(15-22)37-38-39(30)2)40(21-23)33(42)29-17-27(20-35-29)24-8-4-3-5-9-24/h3-13,15,23,27,29,31,35H,1,14,16-21H2,2H3,(H,36,41)/t23-,27-,29-,31+/m1/s1. The summed E-state index contributed by atoms with van der Waals surface area (Å²) in [5, 5.41) is 14.8. The molecule has 1 aromatic heterocycles. The Labute approximate surface area is 246 Å². The number of hydrogen-bond acceptors (Lipinski definition) is 6. The molecule has 0 radical (unpaired) electrons. The van der Waals surface area contributed by atoms with Gasteiger partial charge in [0, 0.05) is 26.7 Å². The van der Waals surface area contributed by atoms with Crippen LogP contribution in [0.1, 0.15) is 41.0 Å². The molecule has 0 unspecified atom stereocenters. The van der Waals surface area contributed by atoms with Crippen LogP contribution < -0.4 is 10.6 Å². The van der Waals surface area contributed by atoms with Gasteiger partial charge in [-0.25, -0.2) is 4.68 Å². The summed E-state index contributed by atoms with van der Waals surface area (Å²) in [6, 6.07) is 23.6. The Balaban J connectivity index is 1.18. The first-order valence-electron chi connectivity index (χ1n) is 14.6. The maximum absolute atomic E-state index is 14.0. The molecule has 0 saturated carbocycles. The highest BCUT2D eigenvalue weighted by Gasteiger charge is 2.43. The van der Waals surface area contributed by atoms with E-state index in [1.807, 2.05) is 60.5 Å². The van der Waals surface area contributed by atoms with E-state index < -0.39 is 6.04 Å². The molecule has 2 aliphatic heterocycles. The summed E-state index contributed by atoms with van der Waals surface area (Å²) in [5.41, 5.74) is 6.24. The van der Waals surface area contributed by atoms with Crippen molar-refractivity contribution in [2.24, 2.45) is 18.0 Å². The maximum Gasteiger partial charge on any atom is 0.243 e. The van der Waals surface area contributed by atoms with Crippen molar-refractivity contribution in [3.63, 3.8) is 0 Å². The Bertz CT molecular complexity index is 1580. The molecule has 0 aliphatic carbocycles. The lowest BCUT2D eigenvalue weighted by molar-refractivity contribution is -0.139. The van der Waals surface area contributed by atoms with Gasteiger partial charge in [-0.1, -0.05) is 65.9 Å². The molecule has 2 aliphatic rings. The van der Waals surface area contributed by atoms with Crippen LogP contribution in [-0.4, -0.2) is 63.6 Å². The highest BCUT2D eigenvalue weighted by atomic mass is 16.2. The molecule has 9 heteroatoms. The van der Waals surface area contributed by atoms with Crippen LogP contribution >= 0.6 is 0 Å². The highest BCUT2D eigenvalue weighted by molar-refractivity contribution is 5.90. The number of likely N-dealkylation sites (tertiary alicyclic amines) is 1. The average molecular weight is 564 g/mol. The zero-order chi connectivity index (χ0) is 29.1. The number of benzene rings is 3. The van der Waals surface area contributed by atoms with Crippen molar-refractivity contribution in [1.82, 2.24) is 30.5 Å². The van der Waals surface area contributed by atoms with Gasteiger partial charge in [-0.3, -0.25) is 14.6 Å². The van der Waals surface area contributed by atoms with Gasteiger partial charge in [0.05, 0.1) is 18.1 Å². The number of nitrogens with one attached hydrogen (secondary N) is 2. The van der Waals surface area contributed by atoms with Crippen molar-refractivity contribution < 1.29 is 9.59 Å². The third-order valence-electron chi connectivity index (χ3n) is 8.72. The van der Waals surface area contributed by atoms with Crippen LogP contribution in [0.2, 0.25) is 0 Å². The van der Waals surface area contributed by atoms with Crippen molar-refractivity contribution in [2.75, 3.05) is 13.1 Å². The molecule has 2 saturated heterocycles. The summed E-state index contributed by atoms with van der Waals surface area (Å²) in [6.45, 7) is 5.88. The van der Waals surface area contributed by atoms with E-state index in [4.69, 9.17) is 0 Å². The predicted molar refractivity (Wildman–Crippen MR) is 163 cm³/mol. The molecule has 216 valence electrons. The van der Waals surface area contributed by atoms with Gasteiger partial charge in [-0.15, -0.1) is 5.10 Å². The number of nitrogens with zero attached hydrogens (tertiary/aromatic N) is 5. The molecule has 2 N–H and O–H groups in total. The first-order chi connectivity index (χ1) is 20.5. The van der Waals surface area contributed by atoms with Gasteiger partial charge < -0.3 is 15.5 Å². The second-order valence-corrected chi connectivity index (χ2v) is 11.5. The second-order valence-electron chi connectivity index (χ2n) is 11.5. The quantitative estimate of drug-likeness (QED) is 0.304. The lowest BCUT2D eigenvalue weighted by Crippen LogP contribution is -2.51. The minimum Gasteiger partial charge on any atom is -0.350 e. The van der Waals surface area contributed by atoms with Gasteiger partial charge >= 0.3 is 0 Å². The van der Waals surface area contributed by atoms with Crippen molar-refractivity contribution in [3.05, 3.63) is 95.1 Å². The molecule has 3 aromatic carbocycles. The zero-order valence-electron chi connectivity index (χ0n) is 23.9. The van der Waals surface area contributed by atoms with E-state index in [0.717, 1.165) is 41.5 Å². The molecule has 6 rings (SSSR count). The fourth-order valence-electron chi connectivity index (χ4n) is 6.51. The summed E-state index contributed by atoms with van der Waals surface area (Å²) in [5.74, 6) is 0.333. The van der Waals surface area contributed by atoms with Gasteiger partial charge in [0.1, 0.15) is 11.6 Å². The van der Waals surface area contributed by atoms with E-state index in [1.54, 1.807) is 4.68 Å². The van der Waals surface area contributed by atoms with Gasteiger partial charge in [-0.05, 0) is 72.2 Å². The van der Waals surface area contributed by atoms with E-state index in [0.29, 0.717) is 26.1 Å². The number of aliphatic imine (C=N–C) groups is 1. The van der Waals surface area contributed by atoms with Crippen LogP contribution in [0.4, 0.5) is 0 Å². The molecular formula is C33H37N7O2. The Morgan fingerprint density at radius 2 is 1.83 bits per heavy atom. The van der Waals surface area contributed by atoms with E-state index in [2.05, 4.69) is 56.9 Å². The van der Waals surface area contributed by atoms with Crippen molar-refractivity contribution in [2.45, 2.75) is 50.4 Å². The molecule has 0 bridgehead atoms. The average Bonchev–Trinajstić information content (AvgIpc) is 3.76. The number of amides is 2. The molecule has 42 heavy (non-hydrogen) atoms. The highest BCUT2D eigenvalue weighted by Crippen LogP contribution is 2.32. The molecule has 0 spiro atoms. The van der Waals surface area contributed by atoms with E-state index in [9.17, 15) is 9.59 Å². The van der Waals surface area contributed by atoms with Crippen molar-refractivity contribution in [3.8, 4) is 0 Å². The number of carbonyl (C=O) groups is 2. The normalized spacial score (nSPS) is 22.0. The van der Waals surface area contributed by atoms with Gasteiger partial charge in [-0.2, -0.15) is 0 Å². The number of carbonyl (C=O) groups excluding carboxylic acids is 2. The van der Waals surface area contributed by atoms with Crippen molar-refractivity contribution >= 4 is 29.6 Å².